The van der Waals surface area contributed by atoms with Gasteiger partial charge in [0.25, 0.3) is 0 Å². The highest BCUT2D eigenvalue weighted by atomic mass is 28.3. The predicted octanol–water partition coefficient (Wildman–Crippen LogP) is -0.859. The van der Waals surface area contributed by atoms with Gasteiger partial charge in [0.05, 0.1) is 6.23 Å². The fraction of sp³-hybridized carbons (Fsp3) is 0.143. The first-order valence-electron chi connectivity index (χ1n) is 3.18. The molecule has 54 valence electrons. The Kier molecular flexibility index (Phi) is 2.62. The third-order valence-electron chi connectivity index (χ3n) is 1.36. The summed E-state index contributed by atoms with van der Waals surface area (Å²) in [6.07, 6.45) is -0.0794. The maximum absolute atomic E-state index is 9.22. The summed E-state index contributed by atoms with van der Waals surface area (Å²) in [6, 6.07) is 9.30. The molecule has 0 aliphatic carbocycles. The lowest BCUT2D eigenvalue weighted by molar-refractivity contribution is 0.343. The summed E-state index contributed by atoms with van der Waals surface area (Å²) in [6.45, 7) is 0. The standard InChI is InChI=1S/C7H10O2Si/c8-6-10(9)7-4-2-1-3-5-7/h1-5,8-10H,6H2. The normalized spacial score (nSPS) is 13.0. The van der Waals surface area contributed by atoms with Gasteiger partial charge in [-0.1, -0.05) is 30.3 Å². The van der Waals surface area contributed by atoms with Crippen LogP contribution in [0.25, 0.3) is 0 Å². The number of hydrogen-bond donors (Lipinski definition) is 2. The number of aliphatic hydroxyl groups excluding tert-OH is 1. The first-order valence-corrected chi connectivity index (χ1v) is 5.09. The zero-order valence-electron chi connectivity index (χ0n) is 5.57. The van der Waals surface area contributed by atoms with Gasteiger partial charge >= 0.3 is 0 Å². The molecule has 1 rings (SSSR count). The van der Waals surface area contributed by atoms with Crippen molar-refractivity contribution in [3.63, 3.8) is 0 Å². The molecular weight excluding hydrogens is 144 g/mol. The van der Waals surface area contributed by atoms with E-state index in [1.807, 2.05) is 30.3 Å². The predicted molar refractivity (Wildman–Crippen MR) is 42.5 cm³/mol. The molecular formula is C7H10O2Si. The SMILES string of the molecule is OC[SiH](O)c1ccccc1. The lowest BCUT2D eigenvalue weighted by atomic mass is 10.4. The Hall–Kier alpha value is -0.643. The first-order chi connectivity index (χ1) is 4.84. The van der Waals surface area contributed by atoms with Crippen LogP contribution in [-0.4, -0.2) is 25.2 Å². The van der Waals surface area contributed by atoms with Gasteiger partial charge in [0.15, 0.2) is 0 Å². The molecule has 10 heavy (non-hydrogen) atoms. The Balaban J connectivity index is 2.75. The van der Waals surface area contributed by atoms with Gasteiger partial charge in [0.2, 0.25) is 9.04 Å². The van der Waals surface area contributed by atoms with Gasteiger partial charge in [-0.2, -0.15) is 0 Å². The molecule has 2 nitrogen and oxygen atoms in total. The van der Waals surface area contributed by atoms with E-state index in [0.717, 1.165) is 5.19 Å². The summed E-state index contributed by atoms with van der Waals surface area (Å²) >= 11 is 0. The smallest absolute Gasteiger partial charge is 0.229 e. The Labute approximate surface area is 61.5 Å². The molecule has 0 amide bonds. The minimum absolute atomic E-state index is 0.0794. The Morgan fingerprint density at radius 1 is 1.20 bits per heavy atom. The van der Waals surface area contributed by atoms with Gasteiger partial charge < -0.3 is 9.90 Å². The third-order valence-corrected chi connectivity index (χ3v) is 2.86. The van der Waals surface area contributed by atoms with Gasteiger partial charge in [-0.05, 0) is 5.19 Å². The van der Waals surface area contributed by atoms with Crippen molar-refractivity contribution >= 4 is 14.2 Å². The monoisotopic (exact) mass is 154 g/mol. The lowest BCUT2D eigenvalue weighted by Crippen LogP contribution is -2.33. The van der Waals surface area contributed by atoms with E-state index >= 15 is 0 Å². The van der Waals surface area contributed by atoms with Crippen LogP contribution in [0, 0.1) is 0 Å². The van der Waals surface area contributed by atoms with Gasteiger partial charge in [-0.25, -0.2) is 0 Å². The number of aliphatic hydroxyl groups is 1. The van der Waals surface area contributed by atoms with Crippen molar-refractivity contribution in [2.24, 2.45) is 0 Å². The van der Waals surface area contributed by atoms with E-state index in [9.17, 15) is 4.80 Å². The second kappa shape index (κ2) is 3.51. The molecule has 0 spiro atoms. The first kappa shape index (κ1) is 7.46. The third kappa shape index (κ3) is 1.67. The van der Waals surface area contributed by atoms with E-state index in [1.54, 1.807) is 0 Å². The van der Waals surface area contributed by atoms with Crippen molar-refractivity contribution in [1.29, 1.82) is 0 Å². The summed E-state index contributed by atoms with van der Waals surface area (Å²) in [5.41, 5.74) is 0. The van der Waals surface area contributed by atoms with Crippen molar-refractivity contribution in [2.45, 2.75) is 0 Å². The van der Waals surface area contributed by atoms with Crippen LogP contribution in [0.4, 0.5) is 0 Å². The Morgan fingerprint density at radius 3 is 2.30 bits per heavy atom. The van der Waals surface area contributed by atoms with Crippen molar-refractivity contribution in [2.75, 3.05) is 6.23 Å². The Morgan fingerprint density at radius 2 is 1.80 bits per heavy atom. The molecule has 0 aliphatic heterocycles. The van der Waals surface area contributed by atoms with E-state index < -0.39 is 9.04 Å². The summed E-state index contributed by atoms with van der Waals surface area (Å²) in [5.74, 6) is 0. The molecule has 0 heterocycles. The van der Waals surface area contributed by atoms with Gasteiger partial charge in [0.1, 0.15) is 0 Å². The largest absolute Gasteiger partial charge is 0.428 e. The van der Waals surface area contributed by atoms with Crippen LogP contribution in [0.5, 0.6) is 0 Å². The molecule has 0 aromatic heterocycles. The molecule has 0 aliphatic rings. The molecule has 0 bridgehead atoms. The average molecular weight is 154 g/mol. The minimum Gasteiger partial charge on any atom is -0.428 e. The number of hydrogen-bond acceptors (Lipinski definition) is 2. The van der Waals surface area contributed by atoms with Crippen LogP contribution in [0.3, 0.4) is 0 Å². The van der Waals surface area contributed by atoms with E-state index in [-0.39, 0.29) is 6.23 Å². The summed E-state index contributed by atoms with van der Waals surface area (Å²) in [4.78, 5) is 9.22. The molecule has 3 heteroatoms. The van der Waals surface area contributed by atoms with Gasteiger partial charge in [-0.15, -0.1) is 0 Å². The highest BCUT2D eigenvalue weighted by molar-refractivity contribution is 6.65. The topological polar surface area (TPSA) is 40.5 Å². The molecule has 2 N–H and O–H groups in total. The zero-order valence-corrected chi connectivity index (χ0v) is 6.72. The summed E-state index contributed by atoms with van der Waals surface area (Å²) in [7, 11) is -1.98. The maximum Gasteiger partial charge on any atom is 0.229 e. The fourth-order valence-electron chi connectivity index (χ4n) is 0.781. The minimum atomic E-state index is -1.98. The van der Waals surface area contributed by atoms with E-state index in [2.05, 4.69) is 0 Å². The van der Waals surface area contributed by atoms with Crippen LogP contribution >= 0.6 is 0 Å². The quantitative estimate of drug-likeness (QED) is 0.544. The van der Waals surface area contributed by atoms with E-state index in [1.165, 1.54) is 0 Å². The highest BCUT2D eigenvalue weighted by Crippen LogP contribution is 1.84. The lowest BCUT2D eigenvalue weighted by Gasteiger charge is -2.02. The van der Waals surface area contributed by atoms with Crippen LogP contribution in [0.15, 0.2) is 30.3 Å². The average Bonchev–Trinajstić information content (AvgIpc) is 2.05. The second-order valence-electron chi connectivity index (χ2n) is 2.11. The van der Waals surface area contributed by atoms with Crippen molar-refractivity contribution in [1.82, 2.24) is 0 Å². The van der Waals surface area contributed by atoms with Crippen molar-refractivity contribution < 1.29 is 9.90 Å². The molecule has 0 radical (unpaired) electrons. The molecule has 1 unspecified atom stereocenters. The van der Waals surface area contributed by atoms with E-state index in [4.69, 9.17) is 5.11 Å². The van der Waals surface area contributed by atoms with Gasteiger partial charge in [-0.3, -0.25) is 0 Å². The molecule has 0 saturated heterocycles. The fourth-order valence-corrected chi connectivity index (χ4v) is 1.66. The van der Waals surface area contributed by atoms with Crippen LogP contribution in [-0.2, 0) is 0 Å². The molecule has 1 aromatic carbocycles. The zero-order chi connectivity index (χ0) is 7.40. The Bertz CT molecular complexity index is 188. The molecule has 0 saturated carbocycles. The maximum atomic E-state index is 9.22. The molecule has 1 atom stereocenters. The van der Waals surface area contributed by atoms with E-state index in [0.29, 0.717) is 0 Å². The van der Waals surface area contributed by atoms with Crippen LogP contribution in [0.2, 0.25) is 0 Å². The molecule has 0 fully saturated rings. The molecule has 1 aromatic rings. The number of rotatable bonds is 2. The van der Waals surface area contributed by atoms with Crippen molar-refractivity contribution in [3.05, 3.63) is 30.3 Å². The van der Waals surface area contributed by atoms with Crippen LogP contribution < -0.4 is 5.19 Å². The second-order valence-corrected chi connectivity index (χ2v) is 4.17. The summed E-state index contributed by atoms with van der Waals surface area (Å²) < 4.78 is 0. The summed E-state index contributed by atoms with van der Waals surface area (Å²) in [5, 5.41) is 9.49. The highest BCUT2D eigenvalue weighted by Gasteiger charge is 2.05. The van der Waals surface area contributed by atoms with Crippen molar-refractivity contribution in [3.8, 4) is 0 Å². The number of benzene rings is 1. The van der Waals surface area contributed by atoms with Crippen LogP contribution in [0.1, 0.15) is 0 Å². The van der Waals surface area contributed by atoms with Gasteiger partial charge in [0, 0.05) is 0 Å².